The molecule has 0 spiro atoms. The molecule has 0 unspecified atom stereocenters. The average Bonchev–Trinajstić information content (AvgIpc) is 1.98. The van der Waals surface area contributed by atoms with E-state index in [1.807, 2.05) is 12.2 Å². The minimum atomic E-state index is -0.519. The highest BCUT2D eigenvalue weighted by Crippen LogP contribution is 1.98. The Morgan fingerprint density at radius 1 is 1.50 bits per heavy atom. The van der Waals surface area contributed by atoms with Crippen LogP contribution in [0.2, 0.25) is 0 Å². The van der Waals surface area contributed by atoms with E-state index in [1.54, 1.807) is 0 Å². The van der Waals surface area contributed by atoms with Crippen LogP contribution in [0.5, 0.6) is 0 Å². The molecule has 0 amide bonds. The lowest BCUT2D eigenvalue weighted by atomic mass is 10.2. The molecule has 0 bridgehead atoms. The summed E-state index contributed by atoms with van der Waals surface area (Å²) in [5, 5.41) is 19.8. The first-order valence-corrected chi connectivity index (χ1v) is 2.91. The van der Waals surface area contributed by atoms with Crippen molar-refractivity contribution in [1.82, 2.24) is 0 Å². The van der Waals surface area contributed by atoms with Gasteiger partial charge in [-0.25, -0.2) is 0 Å². The number of aliphatic hydroxyl groups excluding tert-OH is 2. The van der Waals surface area contributed by atoms with E-state index in [1.165, 1.54) is 0 Å². The molecule has 1 saturated heterocycles. The number of quaternary nitrogens is 1. The first-order valence-electron chi connectivity index (χ1n) is 2.91. The van der Waals surface area contributed by atoms with Gasteiger partial charge >= 0.3 is 0 Å². The summed E-state index contributed by atoms with van der Waals surface area (Å²) in [4.78, 5) is 0. The first-order chi connectivity index (χ1) is 3.72. The van der Waals surface area contributed by atoms with E-state index in [9.17, 15) is 0 Å². The largest absolute Gasteiger partial charge is 0.384 e. The maximum Gasteiger partial charge on any atom is 0.137 e. The van der Waals surface area contributed by atoms with Crippen molar-refractivity contribution in [3.05, 3.63) is 0 Å². The molecule has 1 aliphatic rings. The summed E-state index contributed by atoms with van der Waals surface area (Å²) in [6.45, 7) is 2.54. The van der Waals surface area contributed by atoms with E-state index in [-0.39, 0.29) is 6.04 Å². The van der Waals surface area contributed by atoms with Crippen molar-refractivity contribution in [3.8, 4) is 0 Å². The molecule has 0 aromatic heterocycles. The van der Waals surface area contributed by atoms with E-state index in [0.29, 0.717) is 6.54 Å². The molecule has 0 aliphatic carbocycles. The van der Waals surface area contributed by atoms with Crippen LogP contribution in [-0.4, -0.2) is 35.0 Å². The van der Waals surface area contributed by atoms with Gasteiger partial charge in [0.2, 0.25) is 0 Å². The molecule has 0 aromatic carbocycles. The third kappa shape index (κ3) is 0.844. The Kier molecular flexibility index (Phi) is 1.51. The van der Waals surface area contributed by atoms with E-state index in [0.717, 1.165) is 0 Å². The quantitative estimate of drug-likeness (QED) is 0.334. The van der Waals surface area contributed by atoms with Crippen LogP contribution in [0.4, 0.5) is 0 Å². The van der Waals surface area contributed by atoms with Gasteiger partial charge in [0, 0.05) is 0 Å². The maximum absolute atomic E-state index is 8.98. The molecule has 3 atom stereocenters. The number of aliphatic hydroxyl groups is 2. The predicted molar refractivity (Wildman–Crippen MR) is 28.3 cm³/mol. The van der Waals surface area contributed by atoms with Gasteiger partial charge in [0.1, 0.15) is 24.8 Å². The van der Waals surface area contributed by atoms with Crippen molar-refractivity contribution in [2.24, 2.45) is 0 Å². The fourth-order valence-corrected chi connectivity index (χ4v) is 0.983. The zero-order valence-electron chi connectivity index (χ0n) is 4.91. The van der Waals surface area contributed by atoms with Crippen LogP contribution in [0.1, 0.15) is 6.92 Å². The fourth-order valence-electron chi connectivity index (χ4n) is 0.983. The molecule has 1 heterocycles. The normalized spacial score (nSPS) is 47.6. The van der Waals surface area contributed by atoms with E-state index in [2.05, 4.69) is 0 Å². The van der Waals surface area contributed by atoms with Crippen molar-refractivity contribution in [1.29, 1.82) is 0 Å². The highest BCUT2D eigenvalue weighted by Gasteiger charge is 2.33. The van der Waals surface area contributed by atoms with Crippen molar-refractivity contribution >= 4 is 0 Å². The zero-order chi connectivity index (χ0) is 6.15. The highest BCUT2D eigenvalue weighted by atomic mass is 16.3. The summed E-state index contributed by atoms with van der Waals surface area (Å²) in [5.74, 6) is 0. The summed E-state index contributed by atoms with van der Waals surface area (Å²) in [6, 6.07) is 0.171. The van der Waals surface area contributed by atoms with Gasteiger partial charge in [-0.15, -0.1) is 0 Å². The average molecular weight is 118 g/mol. The Morgan fingerprint density at radius 3 is 2.25 bits per heavy atom. The molecule has 4 N–H and O–H groups in total. The molecular weight excluding hydrogens is 106 g/mol. The third-order valence-electron chi connectivity index (χ3n) is 1.68. The van der Waals surface area contributed by atoms with Crippen molar-refractivity contribution in [3.63, 3.8) is 0 Å². The molecule has 0 aromatic rings. The summed E-state index contributed by atoms with van der Waals surface area (Å²) in [6.07, 6.45) is -1.03. The SMILES string of the molecule is C[C@H]1[NH2+]C[C@H](O)[C@@H]1O. The summed E-state index contributed by atoms with van der Waals surface area (Å²) in [5.41, 5.74) is 0. The Hall–Kier alpha value is -0.120. The van der Waals surface area contributed by atoms with Crippen LogP contribution in [0.3, 0.4) is 0 Å². The topological polar surface area (TPSA) is 57.1 Å². The summed E-state index contributed by atoms with van der Waals surface area (Å²) < 4.78 is 0. The second kappa shape index (κ2) is 2.01. The summed E-state index contributed by atoms with van der Waals surface area (Å²) in [7, 11) is 0. The lowest BCUT2D eigenvalue weighted by molar-refractivity contribution is -0.671. The molecule has 3 heteroatoms. The van der Waals surface area contributed by atoms with Gasteiger partial charge in [0.05, 0.1) is 0 Å². The molecule has 1 aliphatic heterocycles. The third-order valence-corrected chi connectivity index (χ3v) is 1.68. The van der Waals surface area contributed by atoms with Crippen LogP contribution in [-0.2, 0) is 0 Å². The van der Waals surface area contributed by atoms with Gasteiger partial charge in [-0.05, 0) is 6.92 Å². The van der Waals surface area contributed by atoms with Gasteiger partial charge in [-0.3, -0.25) is 0 Å². The Labute approximate surface area is 48.3 Å². The second-order valence-corrected chi connectivity index (χ2v) is 2.39. The summed E-state index contributed by atoms with van der Waals surface area (Å²) >= 11 is 0. The van der Waals surface area contributed by atoms with Crippen LogP contribution < -0.4 is 5.32 Å². The standard InChI is InChI=1S/C5H11NO2/c1-3-5(8)4(7)2-6-3/h3-8H,2H2,1H3/p+1/t3-,4+,5-/m1/s1. The monoisotopic (exact) mass is 118 g/mol. The lowest BCUT2D eigenvalue weighted by Gasteiger charge is -2.04. The minimum Gasteiger partial charge on any atom is -0.384 e. The van der Waals surface area contributed by atoms with Crippen LogP contribution in [0.25, 0.3) is 0 Å². The fraction of sp³-hybridized carbons (Fsp3) is 1.00. The van der Waals surface area contributed by atoms with Crippen LogP contribution in [0.15, 0.2) is 0 Å². The number of hydrogen-bond acceptors (Lipinski definition) is 2. The van der Waals surface area contributed by atoms with Gasteiger partial charge < -0.3 is 15.5 Å². The second-order valence-electron chi connectivity index (χ2n) is 2.39. The molecule has 0 saturated carbocycles. The first kappa shape index (κ1) is 6.01. The van der Waals surface area contributed by atoms with E-state index >= 15 is 0 Å². The molecule has 3 nitrogen and oxygen atoms in total. The Bertz CT molecular complexity index is 76.5. The lowest BCUT2D eigenvalue weighted by Crippen LogP contribution is -2.87. The smallest absolute Gasteiger partial charge is 0.137 e. The number of hydrogen-bond donors (Lipinski definition) is 3. The van der Waals surface area contributed by atoms with Gasteiger partial charge in [-0.2, -0.15) is 0 Å². The van der Waals surface area contributed by atoms with Gasteiger partial charge in [0.15, 0.2) is 0 Å². The maximum atomic E-state index is 8.98. The zero-order valence-corrected chi connectivity index (χ0v) is 4.91. The minimum absolute atomic E-state index is 0.171. The van der Waals surface area contributed by atoms with Crippen LogP contribution in [0, 0.1) is 0 Å². The Balaban J connectivity index is 2.44. The highest BCUT2D eigenvalue weighted by molar-refractivity contribution is 4.75. The van der Waals surface area contributed by atoms with Crippen molar-refractivity contribution < 1.29 is 15.5 Å². The predicted octanol–water partition coefficient (Wildman–Crippen LogP) is -2.33. The van der Waals surface area contributed by atoms with E-state index < -0.39 is 12.2 Å². The molecule has 1 rings (SSSR count). The van der Waals surface area contributed by atoms with Crippen LogP contribution >= 0.6 is 0 Å². The van der Waals surface area contributed by atoms with Crippen molar-refractivity contribution in [2.45, 2.75) is 25.2 Å². The molecular formula is C5H12NO2+. The molecule has 8 heavy (non-hydrogen) atoms. The van der Waals surface area contributed by atoms with E-state index in [4.69, 9.17) is 10.2 Å². The number of rotatable bonds is 0. The Morgan fingerprint density at radius 2 is 2.12 bits per heavy atom. The molecule has 0 radical (unpaired) electrons. The van der Waals surface area contributed by atoms with Crippen molar-refractivity contribution in [2.75, 3.05) is 6.54 Å². The molecule has 1 fully saturated rings. The number of nitrogens with two attached hydrogens (primary N) is 1. The van der Waals surface area contributed by atoms with Gasteiger partial charge in [-0.1, -0.05) is 0 Å². The molecule has 48 valence electrons. The van der Waals surface area contributed by atoms with Gasteiger partial charge in [0.25, 0.3) is 0 Å².